The van der Waals surface area contributed by atoms with Gasteiger partial charge in [-0.05, 0) is 25.1 Å². The van der Waals surface area contributed by atoms with E-state index in [4.69, 9.17) is 0 Å². The molecule has 100 valence electrons. The number of carbonyl (C=O) groups excluding carboxylic acids is 1. The lowest BCUT2D eigenvalue weighted by Gasteiger charge is -2.11. The van der Waals surface area contributed by atoms with Gasteiger partial charge in [-0.15, -0.1) is 10.2 Å². The first-order valence-corrected chi connectivity index (χ1v) is 6.51. The van der Waals surface area contributed by atoms with Gasteiger partial charge in [0.05, 0.1) is 5.25 Å². The molecule has 2 aromatic rings. The molecular weight excluding hydrogens is 267 g/mol. The Kier molecular flexibility index (Phi) is 4.16. The summed E-state index contributed by atoms with van der Waals surface area (Å²) in [6.07, 6.45) is 1.57. The highest BCUT2D eigenvalue weighted by Gasteiger charge is 2.17. The Morgan fingerprint density at radius 1 is 1.53 bits per heavy atom. The molecule has 0 aliphatic heterocycles. The van der Waals surface area contributed by atoms with Crippen LogP contribution in [0.1, 0.15) is 6.92 Å². The average Bonchev–Trinajstić information content (AvgIpc) is 2.75. The molecule has 0 aliphatic carbocycles. The molecule has 1 N–H and O–H groups in total. The second kappa shape index (κ2) is 5.83. The molecule has 0 radical (unpaired) electrons. The normalized spacial score (nSPS) is 12.2. The van der Waals surface area contributed by atoms with Gasteiger partial charge in [-0.2, -0.15) is 0 Å². The maximum atomic E-state index is 13.0. The van der Waals surface area contributed by atoms with Crippen molar-refractivity contribution in [2.45, 2.75) is 17.3 Å². The fourth-order valence-electron chi connectivity index (χ4n) is 1.40. The first-order chi connectivity index (χ1) is 9.06. The van der Waals surface area contributed by atoms with Crippen LogP contribution in [-0.2, 0) is 11.8 Å². The number of anilines is 1. The van der Waals surface area contributed by atoms with Crippen molar-refractivity contribution in [3.8, 4) is 0 Å². The molecule has 5 nitrogen and oxygen atoms in total. The molecule has 0 aliphatic rings. The number of hydrogen-bond donors (Lipinski definition) is 1. The van der Waals surface area contributed by atoms with Gasteiger partial charge in [0.15, 0.2) is 5.16 Å². The summed E-state index contributed by atoms with van der Waals surface area (Å²) in [7, 11) is 1.81. The standard InChI is InChI=1S/C12H13FN4OS/c1-8(19-12-16-14-7-17(12)2)11(18)15-10-5-3-4-9(13)6-10/h3-8H,1-2H3,(H,15,18). The van der Waals surface area contributed by atoms with Gasteiger partial charge in [0.2, 0.25) is 5.91 Å². The molecule has 0 saturated carbocycles. The quantitative estimate of drug-likeness (QED) is 0.871. The number of halogens is 1. The molecule has 1 aromatic heterocycles. The molecular formula is C12H13FN4OS. The lowest BCUT2D eigenvalue weighted by Crippen LogP contribution is -2.22. The number of aryl methyl sites for hydroxylation is 1. The van der Waals surface area contributed by atoms with Crippen LogP contribution in [0.15, 0.2) is 35.7 Å². The zero-order chi connectivity index (χ0) is 13.8. The molecule has 0 saturated heterocycles. The van der Waals surface area contributed by atoms with Crippen LogP contribution in [0.4, 0.5) is 10.1 Å². The van der Waals surface area contributed by atoms with Gasteiger partial charge in [-0.25, -0.2) is 4.39 Å². The Labute approximate surface area is 114 Å². The van der Waals surface area contributed by atoms with Crippen molar-refractivity contribution in [3.63, 3.8) is 0 Å². The second-order valence-corrected chi connectivity index (χ2v) is 5.29. The number of aromatic nitrogens is 3. The van der Waals surface area contributed by atoms with Gasteiger partial charge in [0.25, 0.3) is 0 Å². The first-order valence-electron chi connectivity index (χ1n) is 5.63. The monoisotopic (exact) mass is 280 g/mol. The molecule has 2 rings (SSSR count). The van der Waals surface area contributed by atoms with E-state index in [-0.39, 0.29) is 17.0 Å². The minimum Gasteiger partial charge on any atom is -0.325 e. The number of hydrogen-bond acceptors (Lipinski definition) is 4. The molecule has 1 unspecified atom stereocenters. The third kappa shape index (κ3) is 3.54. The zero-order valence-electron chi connectivity index (χ0n) is 10.5. The molecule has 1 aromatic carbocycles. The predicted molar refractivity (Wildman–Crippen MR) is 71.4 cm³/mol. The van der Waals surface area contributed by atoms with Crippen LogP contribution in [-0.4, -0.2) is 25.9 Å². The highest BCUT2D eigenvalue weighted by Crippen LogP contribution is 2.21. The van der Waals surface area contributed by atoms with Gasteiger partial charge in [0, 0.05) is 12.7 Å². The van der Waals surface area contributed by atoms with E-state index in [2.05, 4.69) is 15.5 Å². The summed E-state index contributed by atoms with van der Waals surface area (Å²) in [5.41, 5.74) is 0.440. The highest BCUT2D eigenvalue weighted by atomic mass is 32.2. The summed E-state index contributed by atoms with van der Waals surface area (Å²) in [5, 5.41) is 10.6. The summed E-state index contributed by atoms with van der Waals surface area (Å²) in [6, 6.07) is 5.79. The van der Waals surface area contributed by atoms with Crippen LogP contribution in [0.5, 0.6) is 0 Å². The number of nitrogens with zero attached hydrogens (tertiary/aromatic N) is 3. The summed E-state index contributed by atoms with van der Waals surface area (Å²) in [4.78, 5) is 11.9. The van der Waals surface area contributed by atoms with Crippen LogP contribution in [0.3, 0.4) is 0 Å². The van der Waals surface area contributed by atoms with Crippen molar-refractivity contribution >= 4 is 23.4 Å². The fraction of sp³-hybridized carbons (Fsp3) is 0.250. The largest absolute Gasteiger partial charge is 0.325 e. The van der Waals surface area contributed by atoms with E-state index >= 15 is 0 Å². The Morgan fingerprint density at radius 2 is 2.32 bits per heavy atom. The van der Waals surface area contributed by atoms with Crippen molar-refractivity contribution in [2.24, 2.45) is 7.05 Å². The average molecular weight is 280 g/mol. The SMILES string of the molecule is CC(Sc1nncn1C)C(=O)Nc1cccc(F)c1. The third-order valence-corrected chi connectivity index (χ3v) is 3.56. The molecule has 7 heteroatoms. The fourth-order valence-corrected chi connectivity index (χ4v) is 2.19. The Balaban J connectivity index is 1.98. The maximum Gasteiger partial charge on any atom is 0.237 e. The predicted octanol–water partition coefficient (Wildman–Crippen LogP) is 2.07. The number of rotatable bonds is 4. The van der Waals surface area contributed by atoms with E-state index < -0.39 is 0 Å². The lowest BCUT2D eigenvalue weighted by atomic mass is 10.3. The van der Waals surface area contributed by atoms with Gasteiger partial charge in [0.1, 0.15) is 12.1 Å². The van der Waals surface area contributed by atoms with Crippen molar-refractivity contribution in [1.29, 1.82) is 0 Å². The van der Waals surface area contributed by atoms with E-state index in [0.29, 0.717) is 10.8 Å². The van der Waals surface area contributed by atoms with Crippen molar-refractivity contribution < 1.29 is 9.18 Å². The van der Waals surface area contributed by atoms with E-state index in [1.165, 1.54) is 23.9 Å². The first kappa shape index (κ1) is 13.5. The van der Waals surface area contributed by atoms with E-state index in [1.807, 2.05) is 0 Å². The molecule has 0 spiro atoms. The molecule has 0 bridgehead atoms. The van der Waals surface area contributed by atoms with Crippen LogP contribution >= 0.6 is 11.8 Å². The molecule has 1 heterocycles. The van der Waals surface area contributed by atoms with Crippen LogP contribution in [0.25, 0.3) is 0 Å². The molecule has 0 fully saturated rings. The lowest BCUT2D eigenvalue weighted by molar-refractivity contribution is -0.115. The third-order valence-electron chi connectivity index (χ3n) is 2.41. The number of carbonyl (C=O) groups is 1. The number of amides is 1. The Morgan fingerprint density at radius 3 is 2.95 bits per heavy atom. The number of thioether (sulfide) groups is 1. The molecule has 1 atom stereocenters. The van der Waals surface area contributed by atoms with Gasteiger partial charge >= 0.3 is 0 Å². The van der Waals surface area contributed by atoms with Gasteiger partial charge in [-0.1, -0.05) is 17.8 Å². The minimum atomic E-state index is -0.383. The Hall–Kier alpha value is -1.89. The summed E-state index contributed by atoms with van der Waals surface area (Å²) < 4.78 is 14.7. The summed E-state index contributed by atoms with van der Waals surface area (Å²) in [6.45, 7) is 1.76. The Bertz CT molecular complexity index is 587. The maximum absolute atomic E-state index is 13.0. The topological polar surface area (TPSA) is 59.8 Å². The zero-order valence-corrected chi connectivity index (χ0v) is 11.3. The summed E-state index contributed by atoms with van der Waals surface area (Å²) >= 11 is 1.29. The number of benzene rings is 1. The summed E-state index contributed by atoms with van der Waals surface area (Å²) in [5.74, 6) is -0.593. The van der Waals surface area contributed by atoms with Crippen LogP contribution in [0, 0.1) is 5.82 Å². The minimum absolute atomic E-state index is 0.210. The van der Waals surface area contributed by atoms with Crippen molar-refractivity contribution in [1.82, 2.24) is 14.8 Å². The smallest absolute Gasteiger partial charge is 0.237 e. The second-order valence-electron chi connectivity index (χ2n) is 3.98. The van der Waals surface area contributed by atoms with Crippen LogP contribution in [0.2, 0.25) is 0 Å². The van der Waals surface area contributed by atoms with E-state index in [9.17, 15) is 9.18 Å². The van der Waals surface area contributed by atoms with Crippen molar-refractivity contribution in [3.05, 3.63) is 36.4 Å². The van der Waals surface area contributed by atoms with Crippen LogP contribution < -0.4 is 5.32 Å². The van der Waals surface area contributed by atoms with Crippen molar-refractivity contribution in [2.75, 3.05) is 5.32 Å². The molecule has 19 heavy (non-hydrogen) atoms. The number of nitrogens with one attached hydrogen (secondary N) is 1. The molecule has 1 amide bonds. The van der Waals surface area contributed by atoms with Gasteiger partial charge in [-0.3, -0.25) is 4.79 Å². The van der Waals surface area contributed by atoms with E-state index in [1.54, 1.807) is 37.0 Å². The van der Waals surface area contributed by atoms with Gasteiger partial charge < -0.3 is 9.88 Å². The highest BCUT2D eigenvalue weighted by molar-refractivity contribution is 8.00. The van der Waals surface area contributed by atoms with E-state index in [0.717, 1.165) is 0 Å².